The Labute approximate surface area is 121 Å². The molecule has 3 atom stereocenters. The first-order valence-electron chi connectivity index (χ1n) is 7.46. The number of benzene rings is 2. The number of para-hydroxylation sites is 2. The van der Waals surface area contributed by atoms with Crippen LogP contribution < -0.4 is 10.6 Å². The molecule has 0 saturated carbocycles. The Bertz CT molecular complexity index is 565. The highest BCUT2D eigenvalue weighted by Crippen LogP contribution is 2.39. The average molecular weight is 266 g/mol. The monoisotopic (exact) mass is 266 g/mol. The molecule has 0 aromatic heterocycles. The van der Waals surface area contributed by atoms with Crippen LogP contribution in [0.1, 0.15) is 31.9 Å². The van der Waals surface area contributed by atoms with Crippen LogP contribution in [0.3, 0.4) is 0 Å². The highest BCUT2D eigenvalue weighted by Gasteiger charge is 2.32. The fraction of sp³-hybridized carbons (Fsp3) is 0.333. The van der Waals surface area contributed by atoms with E-state index in [-0.39, 0.29) is 0 Å². The van der Waals surface area contributed by atoms with E-state index in [1.54, 1.807) is 0 Å². The molecule has 0 fully saturated rings. The molecule has 1 aliphatic rings. The topological polar surface area (TPSA) is 24.1 Å². The van der Waals surface area contributed by atoms with Gasteiger partial charge in [0.05, 0.1) is 6.04 Å². The molecular formula is C18H22N2. The first-order valence-corrected chi connectivity index (χ1v) is 7.46. The Kier molecular flexibility index (Phi) is 3.64. The zero-order valence-electron chi connectivity index (χ0n) is 12.1. The Morgan fingerprint density at radius 2 is 1.70 bits per heavy atom. The van der Waals surface area contributed by atoms with Crippen LogP contribution in [-0.4, -0.2) is 6.04 Å². The van der Waals surface area contributed by atoms with Crippen molar-refractivity contribution in [3.05, 3.63) is 60.2 Å². The lowest BCUT2D eigenvalue weighted by atomic mass is 9.82. The SMILES string of the molecule is CCC1Nc2ccccc2C(Nc2ccccc2)C1C. The van der Waals surface area contributed by atoms with Gasteiger partial charge >= 0.3 is 0 Å². The number of rotatable bonds is 3. The minimum Gasteiger partial charge on any atom is -0.382 e. The third-order valence-electron chi connectivity index (χ3n) is 4.33. The molecule has 2 nitrogen and oxygen atoms in total. The molecule has 3 unspecified atom stereocenters. The third kappa shape index (κ3) is 2.38. The van der Waals surface area contributed by atoms with E-state index in [1.165, 1.54) is 16.9 Å². The van der Waals surface area contributed by atoms with Crippen LogP contribution in [0.5, 0.6) is 0 Å². The highest BCUT2D eigenvalue weighted by atomic mass is 15.0. The lowest BCUT2D eigenvalue weighted by Crippen LogP contribution is -2.38. The standard InChI is InChI=1S/C18H22N2/c1-3-16-13(2)18(19-14-9-5-4-6-10-14)15-11-7-8-12-17(15)20-16/h4-13,16,18-20H,3H2,1-2H3. The van der Waals surface area contributed by atoms with Crippen molar-refractivity contribution in [2.45, 2.75) is 32.4 Å². The van der Waals surface area contributed by atoms with Gasteiger partial charge in [-0.1, -0.05) is 50.2 Å². The number of anilines is 2. The highest BCUT2D eigenvalue weighted by molar-refractivity contribution is 5.59. The first kappa shape index (κ1) is 13.0. The minimum atomic E-state index is 0.361. The Balaban J connectivity index is 1.95. The van der Waals surface area contributed by atoms with Crippen LogP contribution in [0.2, 0.25) is 0 Å². The molecule has 1 heterocycles. The molecule has 0 spiro atoms. The summed E-state index contributed by atoms with van der Waals surface area (Å²) in [5, 5.41) is 7.38. The summed E-state index contributed by atoms with van der Waals surface area (Å²) in [5.41, 5.74) is 3.83. The minimum absolute atomic E-state index is 0.361. The van der Waals surface area contributed by atoms with E-state index in [9.17, 15) is 0 Å². The number of nitrogens with one attached hydrogen (secondary N) is 2. The summed E-state index contributed by atoms with van der Waals surface area (Å²) >= 11 is 0. The van der Waals surface area contributed by atoms with Gasteiger partial charge in [-0.25, -0.2) is 0 Å². The molecule has 0 amide bonds. The largest absolute Gasteiger partial charge is 0.382 e. The van der Waals surface area contributed by atoms with E-state index < -0.39 is 0 Å². The number of hydrogen-bond acceptors (Lipinski definition) is 2. The van der Waals surface area contributed by atoms with Crippen molar-refractivity contribution in [3.63, 3.8) is 0 Å². The summed E-state index contributed by atoms with van der Waals surface area (Å²) in [7, 11) is 0. The molecule has 20 heavy (non-hydrogen) atoms. The fourth-order valence-electron chi connectivity index (χ4n) is 3.14. The van der Waals surface area contributed by atoms with Crippen molar-refractivity contribution in [1.82, 2.24) is 0 Å². The fourth-order valence-corrected chi connectivity index (χ4v) is 3.14. The van der Waals surface area contributed by atoms with Gasteiger partial charge in [0.25, 0.3) is 0 Å². The molecule has 104 valence electrons. The van der Waals surface area contributed by atoms with Gasteiger partial charge in [0.2, 0.25) is 0 Å². The predicted octanol–water partition coefficient (Wildman–Crippen LogP) is 4.68. The van der Waals surface area contributed by atoms with Crippen LogP contribution >= 0.6 is 0 Å². The van der Waals surface area contributed by atoms with Crippen molar-refractivity contribution in [3.8, 4) is 0 Å². The smallest absolute Gasteiger partial charge is 0.0579 e. The number of hydrogen-bond donors (Lipinski definition) is 2. The molecule has 0 saturated heterocycles. The zero-order valence-corrected chi connectivity index (χ0v) is 12.1. The maximum atomic E-state index is 3.71. The second-order valence-electron chi connectivity index (χ2n) is 5.59. The van der Waals surface area contributed by atoms with E-state index >= 15 is 0 Å². The lowest BCUT2D eigenvalue weighted by Gasteiger charge is -2.39. The second kappa shape index (κ2) is 5.58. The zero-order chi connectivity index (χ0) is 13.9. The van der Waals surface area contributed by atoms with Gasteiger partial charge in [-0.3, -0.25) is 0 Å². The van der Waals surface area contributed by atoms with Crippen LogP contribution in [0.15, 0.2) is 54.6 Å². The maximum absolute atomic E-state index is 3.71. The summed E-state index contributed by atoms with van der Waals surface area (Å²) in [6, 6.07) is 20.0. The maximum Gasteiger partial charge on any atom is 0.0579 e. The van der Waals surface area contributed by atoms with Crippen molar-refractivity contribution < 1.29 is 0 Å². The Morgan fingerprint density at radius 3 is 2.45 bits per heavy atom. The molecule has 0 bridgehead atoms. The molecule has 2 aromatic carbocycles. The molecule has 3 rings (SSSR count). The summed E-state index contributed by atoms with van der Waals surface area (Å²) in [4.78, 5) is 0. The van der Waals surface area contributed by atoms with Crippen LogP contribution in [-0.2, 0) is 0 Å². The molecule has 2 heteroatoms. The van der Waals surface area contributed by atoms with Gasteiger partial charge in [0.15, 0.2) is 0 Å². The van der Waals surface area contributed by atoms with E-state index in [4.69, 9.17) is 0 Å². The lowest BCUT2D eigenvalue weighted by molar-refractivity contribution is 0.400. The molecule has 0 radical (unpaired) electrons. The van der Waals surface area contributed by atoms with Crippen molar-refractivity contribution >= 4 is 11.4 Å². The summed E-state index contributed by atoms with van der Waals surface area (Å²) < 4.78 is 0. The average Bonchev–Trinajstić information content (AvgIpc) is 2.51. The Morgan fingerprint density at radius 1 is 1.00 bits per heavy atom. The Hall–Kier alpha value is -1.96. The van der Waals surface area contributed by atoms with E-state index in [0.29, 0.717) is 18.0 Å². The van der Waals surface area contributed by atoms with E-state index in [1.807, 2.05) is 0 Å². The van der Waals surface area contributed by atoms with Crippen molar-refractivity contribution in [2.75, 3.05) is 10.6 Å². The summed E-state index contributed by atoms with van der Waals surface area (Å²) in [6.45, 7) is 4.58. The normalized spacial score (nSPS) is 24.6. The van der Waals surface area contributed by atoms with Crippen LogP contribution in [0.25, 0.3) is 0 Å². The van der Waals surface area contributed by atoms with Gasteiger partial charge in [-0.05, 0) is 30.2 Å². The second-order valence-corrected chi connectivity index (χ2v) is 5.59. The van der Waals surface area contributed by atoms with E-state index in [2.05, 4.69) is 79.1 Å². The summed E-state index contributed by atoms with van der Waals surface area (Å²) in [5.74, 6) is 0.551. The van der Waals surface area contributed by atoms with Gasteiger partial charge in [0.1, 0.15) is 0 Å². The van der Waals surface area contributed by atoms with Gasteiger partial charge in [-0.15, -0.1) is 0 Å². The van der Waals surface area contributed by atoms with Crippen molar-refractivity contribution in [2.24, 2.45) is 5.92 Å². The number of fused-ring (bicyclic) bond motifs is 1. The van der Waals surface area contributed by atoms with E-state index in [0.717, 1.165) is 6.42 Å². The predicted molar refractivity (Wildman–Crippen MR) is 86.1 cm³/mol. The summed E-state index contributed by atoms with van der Waals surface area (Å²) in [6.07, 6.45) is 1.14. The van der Waals surface area contributed by atoms with Gasteiger partial charge in [0, 0.05) is 23.3 Å². The third-order valence-corrected chi connectivity index (χ3v) is 4.33. The molecule has 2 N–H and O–H groups in total. The van der Waals surface area contributed by atoms with Crippen molar-refractivity contribution in [1.29, 1.82) is 0 Å². The molecule has 1 aliphatic heterocycles. The molecular weight excluding hydrogens is 244 g/mol. The van der Waals surface area contributed by atoms with Crippen LogP contribution in [0, 0.1) is 5.92 Å². The van der Waals surface area contributed by atoms with Gasteiger partial charge in [-0.2, -0.15) is 0 Å². The first-order chi connectivity index (χ1) is 9.79. The van der Waals surface area contributed by atoms with Gasteiger partial charge < -0.3 is 10.6 Å². The molecule has 2 aromatic rings. The quantitative estimate of drug-likeness (QED) is 0.843. The van der Waals surface area contributed by atoms with Crippen LogP contribution in [0.4, 0.5) is 11.4 Å². The molecule has 0 aliphatic carbocycles.